The van der Waals surface area contributed by atoms with Gasteiger partial charge in [-0.3, -0.25) is 0 Å². The molecular weight excluding hydrogens is 547 g/mol. The van der Waals surface area contributed by atoms with Crippen LogP contribution in [-0.2, 0) is 11.4 Å². The highest BCUT2D eigenvalue weighted by Gasteiger charge is 2.31. The molecule has 1 heterocycles. The summed E-state index contributed by atoms with van der Waals surface area (Å²) in [5.41, 5.74) is 8.82. The molecule has 7 nitrogen and oxygen atoms in total. The first-order valence-electron chi connectivity index (χ1n) is 12.6. The molecule has 4 aromatic rings. The van der Waals surface area contributed by atoms with Crippen molar-refractivity contribution >= 4 is 17.6 Å². The molecule has 9 heteroatoms. The van der Waals surface area contributed by atoms with Gasteiger partial charge >= 0.3 is 5.97 Å². The summed E-state index contributed by atoms with van der Waals surface area (Å²) in [5.74, 6) is -0.765. The number of nitrogens with zero attached hydrogens (tertiary/aromatic N) is 1. The smallest absolute Gasteiger partial charge is 0.352 e. The van der Waals surface area contributed by atoms with Gasteiger partial charge in [-0.2, -0.15) is 5.26 Å². The summed E-state index contributed by atoms with van der Waals surface area (Å²) in [7, 11) is 0. The van der Waals surface area contributed by atoms with Crippen molar-refractivity contribution in [2.75, 3.05) is 0 Å². The fraction of sp³-hybridized carbons (Fsp3) is 0.125. The Hall–Kier alpha value is -5.00. The van der Waals surface area contributed by atoms with Gasteiger partial charge in [0.2, 0.25) is 5.88 Å². The van der Waals surface area contributed by atoms with Crippen molar-refractivity contribution in [2.45, 2.75) is 25.6 Å². The van der Waals surface area contributed by atoms with Crippen LogP contribution in [0.25, 0.3) is 0 Å². The molecule has 2 N–H and O–H groups in total. The second-order valence-electron chi connectivity index (χ2n) is 9.22. The Kier molecular flexibility index (Phi) is 8.09. The quantitative estimate of drug-likeness (QED) is 0.187. The molecule has 206 valence electrons. The first-order valence-corrected chi connectivity index (χ1v) is 13.0. The van der Waals surface area contributed by atoms with Crippen molar-refractivity contribution in [2.24, 2.45) is 5.73 Å². The number of rotatable bonds is 8. The van der Waals surface area contributed by atoms with E-state index >= 15 is 0 Å². The van der Waals surface area contributed by atoms with Gasteiger partial charge in [0.15, 0.2) is 17.7 Å². The number of nitriles is 1. The number of halogens is 2. The number of carbonyl (C=O) groups excluding carboxylic acids is 1. The van der Waals surface area contributed by atoms with Gasteiger partial charge in [0.25, 0.3) is 0 Å². The number of allylic oxidation sites excluding steroid dienone is 1. The van der Waals surface area contributed by atoms with E-state index in [1.54, 1.807) is 30.3 Å². The molecule has 1 aliphatic heterocycles. The van der Waals surface area contributed by atoms with E-state index in [-0.39, 0.29) is 23.0 Å². The minimum atomic E-state index is -1.08. The molecular formula is C32H24ClFN2O5. The summed E-state index contributed by atoms with van der Waals surface area (Å²) >= 11 is 5.94. The van der Waals surface area contributed by atoms with Crippen LogP contribution in [0.2, 0.25) is 5.02 Å². The van der Waals surface area contributed by atoms with Crippen LogP contribution in [0, 0.1) is 17.1 Å². The maximum Gasteiger partial charge on any atom is 0.352 e. The van der Waals surface area contributed by atoms with Crippen LogP contribution < -0.4 is 24.7 Å². The zero-order chi connectivity index (χ0) is 28.9. The Bertz CT molecular complexity index is 1650. The fourth-order valence-corrected chi connectivity index (χ4v) is 4.45. The van der Waals surface area contributed by atoms with Gasteiger partial charge < -0.3 is 24.7 Å². The van der Waals surface area contributed by atoms with E-state index in [4.69, 9.17) is 36.3 Å². The van der Waals surface area contributed by atoms with Crippen LogP contribution in [-0.4, -0.2) is 12.1 Å². The monoisotopic (exact) mass is 570 g/mol. The lowest BCUT2D eigenvalue weighted by atomic mass is 9.83. The van der Waals surface area contributed by atoms with Crippen LogP contribution in [0.4, 0.5) is 4.39 Å². The van der Waals surface area contributed by atoms with Crippen molar-refractivity contribution in [1.29, 1.82) is 5.26 Å². The average Bonchev–Trinajstić information content (AvgIpc) is 2.97. The van der Waals surface area contributed by atoms with Crippen LogP contribution in [0.1, 0.15) is 29.5 Å². The van der Waals surface area contributed by atoms with Crippen molar-refractivity contribution in [1.82, 2.24) is 0 Å². The first-order chi connectivity index (χ1) is 19.8. The first kappa shape index (κ1) is 27.6. The summed E-state index contributed by atoms with van der Waals surface area (Å²) in [4.78, 5) is 12.6. The van der Waals surface area contributed by atoms with Gasteiger partial charge in [0.05, 0.1) is 5.92 Å². The second kappa shape index (κ2) is 12.0. The molecule has 0 saturated carbocycles. The lowest BCUT2D eigenvalue weighted by molar-refractivity contribution is -0.141. The van der Waals surface area contributed by atoms with Gasteiger partial charge in [0.1, 0.15) is 35.5 Å². The third-order valence-electron chi connectivity index (χ3n) is 6.41. The standard InChI is InChI=1S/C32H24ClFN2O5/c1-19(39-28-5-3-2-4-27(28)34)32(37)40-24-14-15-25-29(16-24)41-31(36)26(17-35)30(25)21-8-12-23(13-9-21)38-18-20-6-10-22(33)11-7-20/h2-16,19,30H,18,36H2,1H3. The molecule has 0 aromatic heterocycles. The van der Waals surface area contributed by atoms with Crippen LogP contribution in [0.5, 0.6) is 23.0 Å². The molecule has 0 radical (unpaired) electrons. The van der Waals surface area contributed by atoms with Crippen molar-refractivity contribution < 1.29 is 28.1 Å². The Labute approximate surface area is 241 Å². The van der Waals surface area contributed by atoms with E-state index < -0.39 is 23.8 Å². The Morgan fingerprint density at radius 2 is 1.76 bits per heavy atom. The topological polar surface area (TPSA) is 104 Å². The summed E-state index contributed by atoms with van der Waals surface area (Å²) in [6, 6.07) is 27.5. The molecule has 0 fully saturated rings. The molecule has 2 unspecified atom stereocenters. The van der Waals surface area contributed by atoms with Gasteiger partial charge in [-0.25, -0.2) is 9.18 Å². The number of nitrogens with two attached hydrogens (primary N) is 1. The van der Waals surface area contributed by atoms with Gasteiger partial charge in [-0.15, -0.1) is 0 Å². The SMILES string of the molecule is CC(Oc1ccccc1F)C(=O)Oc1ccc2c(c1)OC(N)=C(C#N)C2c1ccc(OCc2ccc(Cl)cc2)cc1. The molecule has 0 saturated heterocycles. The van der Waals surface area contributed by atoms with Gasteiger partial charge in [-0.05, 0) is 60.5 Å². The minimum absolute atomic E-state index is 0.0483. The number of para-hydroxylation sites is 1. The number of esters is 1. The second-order valence-corrected chi connectivity index (χ2v) is 9.66. The highest BCUT2D eigenvalue weighted by atomic mass is 35.5. The van der Waals surface area contributed by atoms with Crippen molar-refractivity contribution in [3.05, 3.63) is 130 Å². The maximum atomic E-state index is 13.9. The largest absolute Gasteiger partial charge is 0.489 e. The van der Waals surface area contributed by atoms with Crippen LogP contribution in [0.3, 0.4) is 0 Å². The summed E-state index contributed by atoms with van der Waals surface area (Å²) in [6.45, 7) is 1.83. The Balaban J connectivity index is 1.32. The molecule has 41 heavy (non-hydrogen) atoms. The van der Waals surface area contributed by atoms with Crippen LogP contribution in [0.15, 0.2) is 102 Å². The highest BCUT2D eigenvalue weighted by molar-refractivity contribution is 6.30. The zero-order valence-corrected chi connectivity index (χ0v) is 22.6. The van der Waals surface area contributed by atoms with E-state index in [9.17, 15) is 14.4 Å². The number of carbonyl (C=O) groups is 1. The zero-order valence-electron chi connectivity index (χ0n) is 21.8. The molecule has 0 aliphatic carbocycles. The molecule has 0 amide bonds. The maximum absolute atomic E-state index is 13.9. The predicted octanol–water partition coefficient (Wildman–Crippen LogP) is 6.65. The summed E-state index contributed by atoms with van der Waals surface area (Å²) in [5, 5.41) is 10.5. The molecule has 0 bridgehead atoms. The molecule has 0 spiro atoms. The predicted molar refractivity (Wildman–Crippen MR) is 150 cm³/mol. The summed E-state index contributed by atoms with van der Waals surface area (Å²) in [6.07, 6.45) is -1.08. The lowest BCUT2D eigenvalue weighted by Gasteiger charge is -2.27. The van der Waals surface area contributed by atoms with Gasteiger partial charge in [0, 0.05) is 16.7 Å². The third-order valence-corrected chi connectivity index (χ3v) is 6.67. The Morgan fingerprint density at radius 1 is 1.05 bits per heavy atom. The van der Waals surface area contributed by atoms with Crippen LogP contribution >= 0.6 is 11.6 Å². The van der Waals surface area contributed by atoms with E-state index in [1.165, 1.54) is 31.2 Å². The molecule has 1 aliphatic rings. The van der Waals surface area contributed by atoms with E-state index in [2.05, 4.69) is 6.07 Å². The fourth-order valence-electron chi connectivity index (χ4n) is 4.32. The number of hydrogen-bond acceptors (Lipinski definition) is 7. The van der Waals surface area contributed by atoms with Crippen molar-refractivity contribution in [3.8, 4) is 29.1 Å². The van der Waals surface area contributed by atoms with E-state index in [0.29, 0.717) is 28.7 Å². The summed E-state index contributed by atoms with van der Waals surface area (Å²) < 4.78 is 36.4. The lowest BCUT2D eigenvalue weighted by Crippen LogP contribution is -2.29. The third kappa shape index (κ3) is 6.26. The minimum Gasteiger partial charge on any atom is -0.489 e. The van der Waals surface area contributed by atoms with E-state index in [1.807, 2.05) is 36.4 Å². The average molecular weight is 571 g/mol. The normalized spacial score (nSPS) is 14.7. The number of fused-ring (bicyclic) bond motifs is 1. The molecule has 2 atom stereocenters. The van der Waals surface area contributed by atoms with Crippen molar-refractivity contribution in [3.63, 3.8) is 0 Å². The van der Waals surface area contributed by atoms with Gasteiger partial charge in [-0.1, -0.05) is 54.1 Å². The molecule has 5 rings (SSSR count). The van der Waals surface area contributed by atoms with E-state index in [0.717, 1.165) is 11.1 Å². The number of ether oxygens (including phenoxy) is 4. The Morgan fingerprint density at radius 3 is 2.46 bits per heavy atom. The number of hydrogen-bond donors (Lipinski definition) is 1. The highest BCUT2D eigenvalue weighted by Crippen LogP contribution is 2.43. The molecule has 4 aromatic carbocycles. The number of benzene rings is 4.